The Balaban J connectivity index is 2.24. The Morgan fingerprint density at radius 3 is 2.88 bits per heavy atom. The van der Waals surface area contributed by atoms with Gasteiger partial charge in [-0.1, -0.05) is 12.1 Å². The molecule has 1 saturated heterocycles. The number of amides is 1. The van der Waals surface area contributed by atoms with Crippen LogP contribution in [-0.4, -0.2) is 19.3 Å². The SMILES string of the molecule is CC1(c2cccc(OC(F)F)c2)COC(=O)N1. The van der Waals surface area contributed by atoms with E-state index < -0.39 is 18.2 Å². The van der Waals surface area contributed by atoms with Crippen molar-refractivity contribution in [2.75, 3.05) is 6.61 Å². The van der Waals surface area contributed by atoms with Crippen molar-refractivity contribution >= 4 is 6.09 Å². The number of alkyl halides is 2. The predicted molar refractivity (Wildman–Crippen MR) is 54.9 cm³/mol. The maximum Gasteiger partial charge on any atom is 0.408 e. The lowest BCUT2D eigenvalue weighted by molar-refractivity contribution is -0.0499. The number of hydrogen-bond acceptors (Lipinski definition) is 3. The van der Waals surface area contributed by atoms with E-state index in [1.807, 2.05) is 0 Å². The molecule has 1 aromatic carbocycles. The maximum atomic E-state index is 12.1. The first-order chi connectivity index (χ1) is 7.99. The van der Waals surface area contributed by atoms with Gasteiger partial charge in [0.15, 0.2) is 0 Å². The summed E-state index contributed by atoms with van der Waals surface area (Å²) >= 11 is 0. The maximum absolute atomic E-state index is 12.1. The molecule has 0 spiro atoms. The van der Waals surface area contributed by atoms with Gasteiger partial charge < -0.3 is 14.8 Å². The fourth-order valence-corrected chi connectivity index (χ4v) is 1.68. The molecule has 1 aliphatic rings. The zero-order chi connectivity index (χ0) is 12.5. The molecular weight excluding hydrogens is 232 g/mol. The van der Waals surface area contributed by atoms with E-state index in [1.54, 1.807) is 19.1 Å². The van der Waals surface area contributed by atoms with Crippen LogP contribution >= 0.6 is 0 Å². The highest BCUT2D eigenvalue weighted by molar-refractivity contribution is 5.71. The molecule has 0 aliphatic carbocycles. The van der Waals surface area contributed by atoms with Gasteiger partial charge in [0.2, 0.25) is 0 Å². The number of halogens is 2. The van der Waals surface area contributed by atoms with Crippen molar-refractivity contribution in [3.05, 3.63) is 29.8 Å². The number of rotatable bonds is 3. The van der Waals surface area contributed by atoms with Gasteiger partial charge >= 0.3 is 12.7 Å². The largest absolute Gasteiger partial charge is 0.447 e. The van der Waals surface area contributed by atoms with E-state index in [-0.39, 0.29) is 12.4 Å². The van der Waals surface area contributed by atoms with Gasteiger partial charge in [-0.3, -0.25) is 0 Å². The number of cyclic esters (lactones) is 1. The quantitative estimate of drug-likeness (QED) is 0.885. The molecule has 1 aromatic rings. The van der Waals surface area contributed by atoms with E-state index in [2.05, 4.69) is 10.1 Å². The van der Waals surface area contributed by atoms with Crippen LogP contribution in [0.5, 0.6) is 5.75 Å². The Kier molecular flexibility index (Phi) is 2.87. The molecule has 92 valence electrons. The third kappa shape index (κ3) is 2.46. The third-order valence-electron chi connectivity index (χ3n) is 2.57. The molecule has 1 N–H and O–H groups in total. The Hall–Kier alpha value is -1.85. The lowest BCUT2D eigenvalue weighted by atomic mass is 9.94. The van der Waals surface area contributed by atoms with E-state index in [0.717, 1.165) is 0 Å². The minimum atomic E-state index is -2.87. The van der Waals surface area contributed by atoms with Gasteiger partial charge in [-0.2, -0.15) is 8.78 Å². The second-order valence-electron chi connectivity index (χ2n) is 3.94. The molecule has 4 nitrogen and oxygen atoms in total. The summed E-state index contributed by atoms with van der Waals surface area (Å²) in [5.41, 5.74) is -0.0556. The van der Waals surface area contributed by atoms with Gasteiger partial charge in [-0.25, -0.2) is 4.79 Å². The van der Waals surface area contributed by atoms with Crippen molar-refractivity contribution in [1.82, 2.24) is 5.32 Å². The molecule has 0 aromatic heterocycles. The number of benzene rings is 1. The van der Waals surface area contributed by atoms with Crippen molar-refractivity contribution in [3.63, 3.8) is 0 Å². The van der Waals surface area contributed by atoms with Gasteiger partial charge in [0.1, 0.15) is 12.4 Å². The fourth-order valence-electron chi connectivity index (χ4n) is 1.68. The highest BCUT2D eigenvalue weighted by atomic mass is 19.3. The Labute approximate surface area is 96.5 Å². The molecule has 0 bridgehead atoms. The summed E-state index contributed by atoms with van der Waals surface area (Å²) in [7, 11) is 0. The van der Waals surface area contributed by atoms with Crippen LogP contribution in [0.2, 0.25) is 0 Å². The fraction of sp³-hybridized carbons (Fsp3) is 0.364. The predicted octanol–water partition coefficient (Wildman–Crippen LogP) is 2.24. The molecule has 1 heterocycles. The summed E-state index contributed by atoms with van der Waals surface area (Å²) in [5.74, 6) is 0.0554. The summed E-state index contributed by atoms with van der Waals surface area (Å²) in [6.07, 6.45) is -0.521. The standard InChI is InChI=1S/C11H11F2NO3/c1-11(6-16-10(15)14-11)7-3-2-4-8(5-7)17-9(12)13/h2-5,9H,6H2,1H3,(H,14,15). The minimum absolute atomic E-state index is 0.0554. The average molecular weight is 243 g/mol. The van der Waals surface area contributed by atoms with Crippen LogP contribution in [0.25, 0.3) is 0 Å². The highest BCUT2D eigenvalue weighted by Gasteiger charge is 2.36. The van der Waals surface area contributed by atoms with E-state index in [1.165, 1.54) is 12.1 Å². The summed E-state index contributed by atoms with van der Waals surface area (Å²) < 4.78 is 33.2. The first kappa shape index (κ1) is 11.6. The van der Waals surface area contributed by atoms with Gasteiger partial charge in [-0.05, 0) is 24.6 Å². The number of carbonyl (C=O) groups excluding carboxylic acids is 1. The number of ether oxygens (including phenoxy) is 2. The molecule has 1 amide bonds. The molecule has 2 rings (SSSR count). The van der Waals surface area contributed by atoms with Crippen LogP contribution in [-0.2, 0) is 10.3 Å². The third-order valence-corrected chi connectivity index (χ3v) is 2.57. The molecule has 1 fully saturated rings. The van der Waals surface area contributed by atoms with Crippen molar-refractivity contribution in [3.8, 4) is 5.75 Å². The molecule has 1 unspecified atom stereocenters. The van der Waals surface area contributed by atoms with Crippen LogP contribution in [0, 0.1) is 0 Å². The van der Waals surface area contributed by atoms with Crippen molar-refractivity contribution in [2.45, 2.75) is 19.1 Å². The van der Waals surface area contributed by atoms with Crippen molar-refractivity contribution in [2.24, 2.45) is 0 Å². The topological polar surface area (TPSA) is 47.6 Å². The second kappa shape index (κ2) is 4.20. The van der Waals surface area contributed by atoms with E-state index in [0.29, 0.717) is 5.56 Å². The van der Waals surface area contributed by atoms with Gasteiger partial charge in [0, 0.05) is 0 Å². The zero-order valence-electron chi connectivity index (χ0n) is 9.07. The highest BCUT2D eigenvalue weighted by Crippen LogP contribution is 2.28. The van der Waals surface area contributed by atoms with E-state index in [9.17, 15) is 13.6 Å². The summed E-state index contributed by atoms with van der Waals surface area (Å²) in [6.45, 7) is -0.962. The number of carbonyl (C=O) groups is 1. The summed E-state index contributed by atoms with van der Waals surface area (Å²) in [4.78, 5) is 11.0. The molecule has 1 aliphatic heterocycles. The van der Waals surface area contributed by atoms with Crippen molar-refractivity contribution < 1.29 is 23.0 Å². The van der Waals surface area contributed by atoms with Crippen molar-refractivity contribution in [1.29, 1.82) is 0 Å². The smallest absolute Gasteiger partial charge is 0.408 e. The molecule has 0 radical (unpaired) electrons. The molecule has 0 saturated carbocycles. The first-order valence-electron chi connectivity index (χ1n) is 5.00. The first-order valence-corrected chi connectivity index (χ1v) is 5.00. The number of alkyl carbamates (subject to hydrolysis) is 1. The lowest BCUT2D eigenvalue weighted by Gasteiger charge is -2.22. The number of hydrogen-bond donors (Lipinski definition) is 1. The molecule has 17 heavy (non-hydrogen) atoms. The monoisotopic (exact) mass is 243 g/mol. The van der Waals surface area contributed by atoms with Gasteiger partial charge in [0.25, 0.3) is 0 Å². The Morgan fingerprint density at radius 1 is 1.53 bits per heavy atom. The van der Waals surface area contributed by atoms with Gasteiger partial charge in [-0.15, -0.1) is 0 Å². The summed E-state index contributed by atoms with van der Waals surface area (Å²) in [5, 5.41) is 2.62. The van der Waals surface area contributed by atoms with E-state index >= 15 is 0 Å². The van der Waals surface area contributed by atoms with Crippen LogP contribution < -0.4 is 10.1 Å². The van der Waals surface area contributed by atoms with Crippen LogP contribution in [0.1, 0.15) is 12.5 Å². The Morgan fingerprint density at radius 2 is 2.29 bits per heavy atom. The minimum Gasteiger partial charge on any atom is -0.447 e. The Bertz CT molecular complexity index is 438. The van der Waals surface area contributed by atoms with Crippen LogP contribution in [0.15, 0.2) is 24.3 Å². The van der Waals surface area contributed by atoms with E-state index in [4.69, 9.17) is 4.74 Å². The molecule has 1 atom stereocenters. The van der Waals surface area contributed by atoms with Crippen LogP contribution in [0.3, 0.4) is 0 Å². The number of nitrogens with one attached hydrogen (secondary N) is 1. The lowest BCUT2D eigenvalue weighted by Crippen LogP contribution is -2.37. The average Bonchev–Trinajstić information content (AvgIpc) is 2.59. The van der Waals surface area contributed by atoms with Gasteiger partial charge in [0.05, 0.1) is 5.54 Å². The zero-order valence-corrected chi connectivity index (χ0v) is 9.07. The van der Waals surface area contributed by atoms with Crippen LogP contribution in [0.4, 0.5) is 13.6 Å². The molecular formula is C11H11F2NO3. The molecule has 6 heteroatoms. The second-order valence-corrected chi connectivity index (χ2v) is 3.94. The normalized spacial score (nSPS) is 23.4. The summed E-state index contributed by atoms with van der Waals surface area (Å²) in [6, 6.07) is 6.19.